The van der Waals surface area contributed by atoms with Gasteiger partial charge in [0.25, 0.3) is 0 Å². The Morgan fingerprint density at radius 3 is 2.88 bits per heavy atom. The zero-order chi connectivity index (χ0) is 12.3. The quantitative estimate of drug-likeness (QED) is 0.834. The number of amides is 2. The maximum absolute atomic E-state index is 11.7. The second kappa shape index (κ2) is 5.72. The van der Waals surface area contributed by atoms with Crippen LogP contribution in [0.5, 0.6) is 0 Å². The average Bonchev–Trinajstić information content (AvgIpc) is 2.68. The van der Waals surface area contributed by atoms with Gasteiger partial charge in [-0.25, -0.2) is 0 Å². The lowest BCUT2D eigenvalue weighted by Gasteiger charge is -2.14. The predicted molar refractivity (Wildman–Crippen MR) is 76.8 cm³/mol. The Hall–Kier alpha value is -0.760. The summed E-state index contributed by atoms with van der Waals surface area (Å²) in [5.74, 6) is 0.978. The van der Waals surface area contributed by atoms with Crippen molar-refractivity contribution in [2.24, 2.45) is 0 Å². The smallest absolute Gasteiger partial charge is 0.244 e. The molecule has 1 saturated heterocycles. The van der Waals surface area contributed by atoms with Gasteiger partial charge in [-0.05, 0) is 34.7 Å². The van der Waals surface area contributed by atoms with Gasteiger partial charge in [0, 0.05) is 3.57 Å². The summed E-state index contributed by atoms with van der Waals surface area (Å²) in [4.78, 5) is 24.7. The van der Waals surface area contributed by atoms with Crippen LogP contribution in [-0.4, -0.2) is 34.9 Å². The van der Waals surface area contributed by atoms with E-state index in [9.17, 15) is 9.59 Å². The number of benzene rings is 1. The molecule has 4 nitrogen and oxygen atoms in total. The number of rotatable bonds is 3. The summed E-state index contributed by atoms with van der Waals surface area (Å²) in [6, 6.07) is 7.56. The van der Waals surface area contributed by atoms with E-state index in [-0.39, 0.29) is 18.4 Å². The number of hydrogen-bond donors (Lipinski definition) is 1. The van der Waals surface area contributed by atoms with E-state index in [0.717, 1.165) is 9.26 Å². The molecule has 2 rings (SSSR count). The number of nitrogens with zero attached hydrogens (tertiary/aromatic N) is 1. The molecule has 6 heteroatoms. The highest BCUT2D eigenvalue weighted by Gasteiger charge is 2.22. The first-order valence-electron chi connectivity index (χ1n) is 5.07. The van der Waals surface area contributed by atoms with E-state index in [1.165, 1.54) is 11.8 Å². The molecule has 0 aromatic heterocycles. The lowest BCUT2D eigenvalue weighted by Crippen LogP contribution is -2.34. The molecule has 90 valence electrons. The van der Waals surface area contributed by atoms with E-state index in [1.54, 1.807) is 4.90 Å². The Balaban J connectivity index is 1.93. The molecular weight excluding hydrogens is 351 g/mol. The average molecular weight is 362 g/mol. The van der Waals surface area contributed by atoms with E-state index < -0.39 is 0 Å². The summed E-state index contributed by atoms with van der Waals surface area (Å²) in [7, 11) is 0. The third-order valence-corrected chi connectivity index (χ3v) is 4.19. The molecule has 1 aromatic rings. The molecule has 17 heavy (non-hydrogen) atoms. The van der Waals surface area contributed by atoms with Crippen LogP contribution in [0.3, 0.4) is 0 Å². The minimum atomic E-state index is -0.148. The first kappa shape index (κ1) is 12.7. The Labute approximate surface area is 117 Å². The largest absolute Gasteiger partial charge is 0.324 e. The molecule has 0 aliphatic carbocycles. The Bertz CT molecular complexity index is 453. The summed E-state index contributed by atoms with van der Waals surface area (Å²) in [6.07, 6.45) is 0. The zero-order valence-corrected chi connectivity index (χ0v) is 12.0. The third-order valence-electron chi connectivity index (χ3n) is 2.31. The Morgan fingerprint density at radius 1 is 1.47 bits per heavy atom. The second-order valence-electron chi connectivity index (χ2n) is 3.60. The highest BCUT2D eigenvalue weighted by Crippen LogP contribution is 2.18. The summed E-state index contributed by atoms with van der Waals surface area (Å²) < 4.78 is 0.987. The summed E-state index contributed by atoms with van der Waals surface area (Å²) in [5.41, 5.74) is 0.789. The van der Waals surface area contributed by atoms with Gasteiger partial charge in [-0.2, -0.15) is 0 Å². The highest BCUT2D eigenvalue weighted by atomic mass is 127. The number of halogens is 1. The molecule has 1 aliphatic heterocycles. The lowest BCUT2D eigenvalue weighted by atomic mass is 10.3. The van der Waals surface area contributed by atoms with Crippen LogP contribution in [0, 0.1) is 3.57 Å². The van der Waals surface area contributed by atoms with Crippen molar-refractivity contribution in [3.63, 3.8) is 0 Å². The van der Waals surface area contributed by atoms with Crippen LogP contribution in [0.25, 0.3) is 0 Å². The monoisotopic (exact) mass is 362 g/mol. The molecule has 0 spiro atoms. The molecule has 0 saturated carbocycles. The molecule has 1 N–H and O–H groups in total. The van der Waals surface area contributed by atoms with Crippen molar-refractivity contribution in [2.75, 3.05) is 23.5 Å². The lowest BCUT2D eigenvalue weighted by molar-refractivity contribution is -0.130. The number of thioether (sulfide) groups is 1. The van der Waals surface area contributed by atoms with E-state index in [4.69, 9.17) is 0 Å². The van der Waals surface area contributed by atoms with Crippen molar-refractivity contribution in [1.82, 2.24) is 4.90 Å². The predicted octanol–water partition coefficient (Wildman–Crippen LogP) is 1.76. The maximum atomic E-state index is 11.7. The van der Waals surface area contributed by atoms with Crippen molar-refractivity contribution in [3.8, 4) is 0 Å². The van der Waals surface area contributed by atoms with E-state index in [0.29, 0.717) is 11.6 Å². The van der Waals surface area contributed by atoms with Crippen molar-refractivity contribution in [1.29, 1.82) is 0 Å². The molecule has 1 aromatic carbocycles. The molecular formula is C11H11IN2O2S. The highest BCUT2D eigenvalue weighted by molar-refractivity contribution is 14.1. The molecule has 0 bridgehead atoms. The molecule has 2 amide bonds. The molecule has 0 unspecified atom stereocenters. The fraction of sp³-hybridized carbons (Fsp3) is 0.273. The van der Waals surface area contributed by atoms with Gasteiger partial charge in [-0.3, -0.25) is 9.59 Å². The zero-order valence-electron chi connectivity index (χ0n) is 8.98. The van der Waals surface area contributed by atoms with Gasteiger partial charge >= 0.3 is 0 Å². The third kappa shape index (κ3) is 3.35. The number of anilines is 1. The number of hydrogen-bond acceptors (Lipinski definition) is 3. The number of carbonyl (C=O) groups is 2. The van der Waals surface area contributed by atoms with Crippen LogP contribution < -0.4 is 5.32 Å². The van der Waals surface area contributed by atoms with Gasteiger partial charge in [0.1, 0.15) is 6.54 Å². The summed E-state index contributed by atoms with van der Waals surface area (Å²) in [6.45, 7) is 0.136. The van der Waals surface area contributed by atoms with Crippen LogP contribution in [-0.2, 0) is 9.59 Å². The Morgan fingerprint density at radius 2 is 2.24 bits per heavy atom. The Kier molecular flexibility index (Phi) is 4.27. The van der Waals surface area contributed by atoms with Gasteiger partial charge in [-0.15, -0.1) is 11.8 Å². The van der Waals surface area contributed by atoms with Gasteiger partial charge in [0.15, 0.2) is 0 Å². The van der Waals surface area contributed by atoms with Gasteiger partial charge in [-0.1, -0.05) is 12.1 Å². The standard InChI is InChI=1S/C11H11IN2O2S/c12-8-3-1-2-4-9(8)13-10(15)5-14-7-17-6-11(14)16/h1-4H,5-7H2,(H,13,15). The topological polar surface area (TPSA) is 49.4 Å². The number of nitrogens with one attached hydrogen (secondary N) is 1. The molecule has 1 aliphatic rings. The summed E-state index contributed by atoms with van der Waals surface area (Å²) in [5, 5.41) is 2.81. The van der Waals surface area contributed by atoms with Crippen molar-refractivity contribution in [3.05, 3.63) is 27.8 Å². The first-order chi connectivity index (χ1) is 8.16. The second-order valence-corrected chi connectivity index (χ2v) is 5.71. The van der Waals surface area contributed by atoms with Gasteiger partial charge < -0.3 is 10.2 Å². The SMILES string of the molecule is O=C(CN1CSCC1=O)Nc1ccccc1I. The normalized spacial score (nSPS) is 15.1. The van der Waals surface area contributed by atoms with E-state index in [2.05, 4.69) is 27.9 Å². The van der Waals surface area contributed by atoms with E-state index >= 15 is 0 Å². The maximum Gasteiger partial charge on any atom is 0.244 e. The van der Waals surface area contributed by atoms with Crippen LogP contribution in [0.1, 0.15) is 0 Å². The van der Waals surface area contributed by atoms with Crippen LogP contribution >= 0.6 is 34.4 Å². The van der Waals surface area contributed by atoms with Crippen LogP contribution in [0.15, 0.2) is 24.3 Å². The van der Waals surface area contributed by atoms with Crippen LogP contribution in [0.4, 0.5) is 5.69 Å². The molecule has 0 atom stereocenters. The molecule has 1 heterocycles. The van der Waals surface area contributed by atoms with Gasteiger partial charge in [0.05, 0.1) is 17.3 Å². The van der Waals surface area contributed by atoms with Crippen LogP contribution in [0.2, 0.25) is 0 Å². The molecule has 1 fully saturated rings. The van der Waals surface area contributed by atoms with Crippen molar-refractivity contribution in [2.45, 2.75) is 0 Å². The fourth-order valence-electron chi connectivity index (χ4n) is 1.47. The minimum absolute atomic E-state index is 0.0351. The molecule has 0 radical (unpaired) electrons. The minimum Gasteiger partial charge on any atom is -0.324 e. The van der Waals surface area contributed by atoms with Crippen molar-refractivity contribution >= 4 is 51.9 Å². The van der Waals surface area contributed by atoms with Gasteiger partial charge in [0.2, 0.25) is 11.8 Å². The number of para-hydroxylation sites is 1. The first-order valence-corrected chi connectivity index (χ1v) is 7.30. The van der Waals surface area contributed by atoms with E-state index in [1.807, 2.05) is 24.3 Å². The summed E-state index contributed by atoms with van der Waals surface area (Å²) >= 11 is 3.70. The van der Waals surface area contributed by atoms with Crippen molar-refractivity contribution < 1.29 is 9.59 Å². The fourth-order valence-corrected chi connectivity index (χ4v) is 2.89. The number of carbonyl (C=O) groups excluding carboxylic acids is 2.